The topological polar surface area (TPSA) is 73.9 Å². The number of carbonyl (C=O) groups is 1. The zero-order valence-electron chi connectivity index (χ0n) is 13.0. The first-order chi connectivity index (χ1) is 11.1. The fraction of sp³-hybridized carbons (Fsp3) is 0.438. The first kappa shape index (κ1) is 15.8. The maximum absolute atomic E-state index is 12.4. The number of hydrogen-bond acceptors (Lipinski definition) is 3. The Morgan fingerprint density at radius 3 is 2.87 bits per heavy atom. The van der Waals surface area contributed by atoms with Gasteiger partial charge in [-0.1, -0.05) is 23.7 Å². The number of aromatic amines is 1. The Labute approximate surface area is 140 Å². The predicted octanol–water partition coefficient (Wildman–Crippen LogP) is 3.11. The van der Waals surface area contributed by atoms with Crippen LogP contribution < -0.4 is 5.32 Å². The second-order valence-electron chi connectivity index (χ2n) is 5.86. The number of nitrogens with zero attached hydrogens (tertiary/aromatic N) is 3. The van der Waals surface area contributed by atoms with Gasteiger partial charge in [-0.25, -0.2) is 9.78 Å². The number of amides is 2. The highest BCUT2D eigenvalue weighted by molar-refractivity contribution is 6.30. The number of rotatable bonds is 3. The van der Waals surface area contributed by atoms with Crippen molar-refractivity contribution in [1.29, 1.82) is 0 Å². The molecule has 23 heavy (non-hydrogen) atoms. The molecule has 122 valence electrons. The third kappa shape index (κ3) is 3.82. The van der Waals surface area contributed by atoms with Gasteiger partial charge in [0.05, 0.1) is 6.04 Å². The molecule has 1 aromatic carbocycles. The Morgan fingerprint density at radius 2 is 2.22 bits per heavy atom. The van der Waals surface area contributed by atoms with Gasteiger partial charge in [0, 0.05) is 24.0 Å². The third-order valence-electron chi connectivity index (χ3n) is 4.29. The zero-order valence-corrected chi connectivity index (χ0v) is 13.8. The molecular formula is C16H20ClN5O. The van der Waals surface area contributed by atoms with Crippen LogP contribution in [-0.2, 0) is 0 Å². The van der Waals surface area contributed by atoms with E-state index in [2.05, 4.69) is 20.5 Å². The Morgan fingerprint density at radius 1 is 1.43 bits per heavy atom. The lowest BCUT2D eigenvalue weighted by Gasteiger charge is -2.32. The molecule has 2 amide bonds. The molecule has 0 aliphatic carbocycles. The summed E-state index contributed by atoms with van der Waals surface area (Å²) < 4.78 is 0. The lowest BCUT2D eigenvalue weighted by molar-refractivity contribution is 0.177. The van der Waals surface area contributed by atoms with E-state index in [-0.39, 0.29) is 12.1 Å². The van der Waals surface area contributed by atoms with Crippen LogP contribution in [0.25, 0.3) is 0 Å². The molecule has 0 bridgehead atoms. The maximum atomic E-state index is 12.4. The fourth-order valence-electron chi connectivity index (χ4n) is 2.90. The van der Waals surface area contributed by atoms with Gasteiger partial charge in [0.2, 0.25) is 0 Å². The molecule has 1 atom stereocenters. The molecule has 0 unspecified atom stereocenters. The predicted molar refractivity (Wildman–Crippen MR) is 88.3 cm³/mol. The van der Waals surface area contributed by atoms with E-state index in [1.807, 2.05) is 36.1 Å². The lowest BCUT2D eigenvalue weighted by Crippen LogP contribution is -2.44. The van der Waals surface area contributed by atoms with Crippen molar-refractivity contribution in [2.24, 2.45) is 0 Å². The van der Waals surface area contributed by atoms with Crippen LogP contribution >= 0.6 is 11.6 Å². The van der Waals surface area contributed by atoms with E-state index < -0.39 is 0 Å². The van der Waals surface area contributed by atoms with E-state index in [4.69, 9.17) is 11.6 Å². The number of urea groups is 1. The van der Waals surface area contributed by atoms with Crippen molar-refractivity contribution >= 4 is 17.6 Å². The van der Waals surface area contributed by atoms with Gasteiger partial charge in [-0.2, -0.15) is 5.10 Å². The van der Waals surface area contributed by atoms with Crippen molar-refractivity contribution in [1.82, 2.24) is 25.4 Å². The Balaban J connectivity index is 1.53. The van der Waals surface area contributed by atoms with Gasteiger partial charge in [0.1, 0.15) is 12.2 Å². The molecule has 3 rings (SSSR count). The molecule has 7 heteroatoms. The Hall–Kier alpha value is -2.08. The van der Waals surface area contributed by atoms with E-state index in [0.717, 1.165) is 37.3 Å². The number of piperidine rings is 1. The molecule has 1 saturated heterocycles. The Bertz CT molecular complexity index is 652. The minimum absolute atomic E-state index is 0.0338. The van der Waals surface area contributed by atoms with Gasteiger partial charge in [-0.05, 0) is 37.5 Å². The number of nitrogens with one attached hydrogen (secondary N) is 2. The second-order valence-corrected chi connectivity index (χ2v) is 6.29. The average Bonchev–Trinajstić information content (AvgIpc) is 3.09. The summed E-state index contributed by atoms with van der Waals surface area (Å²) in [7, 11) is 0. The Kier molecular flexibility index (Phi) is 4.81. The number of halogens is 1. The monoisotopic (exact) mass is 333 g/mol. The summed E-state index contributed by atoms with van der Waals surface area (Å²) in [6.45, 7) is 3.41. The van der Waals surface area contributed by atoms with Crippen molar-refractivity contribution in [3.05, 3.63) is 47.0 Å². The molecular weight excluding hydrogens is 314 g/mol. The number of H-pyrrole nitrogens is 1. The van der Waals surface area contributed by atoms with Gasteiger partial charge in [0.25, 0.3) is 0 Å². The minimum atomic E-state index is -0.0757. The molecule has 1 aliphatic rings. The van der Waals surface area contributed by atoms with Gasteiger partial charge in [0.15, 0.2) is 0 Å². The molecule has 0 radical (unpaired) electrons. The van der Waals surface area contributed by atoms with Gasteiger partial charge >= 0.3 is 6.03 Å². The van der Waals surface area contributed by atoms with Crippen LogP contribution in [0, 0.1) is 0 Å². The maximum Gasteiger partial charge on any atom is 0.317 e. The van der Waals surface area contributed by atoms with Crippen molar-refractivity contribution in [2.45, 2.75) is 31.7 Å². The number of benzene rings is 1. The highest BCUT2D eigenvalue weighted by Crippen LogP contribution is 2.25. The molecule has 2 aromatic rings. The van der Waals surface area contributed by atoms with E-state index in [1.54, 1.807) is 0 Å². The van der Waals surface area contributed by atoms with Crippen LogP contribution in [0.5, 0.6) is 0 Å². The van der Waals surface area contributed by atoms with E-state index in [9.17, 15) is 4.79 Å². The number of aromatic nitrogens is 3. The summed E-state index contributed by atoms with van der Waals surface area (Å²) in [5.41, 5.74) is 1.00. The highest BCUT2D eigenvalue weighted by atomic mass is 35.5. The molecule has 2 N–H and O–H groups in total. The van der Waals surface area contributed by atoms with Gasteiger partial charge in [-0.15, -0.1) is 0 Å². The summed E-state index contributed by atoms with van der Waals surface area (Å²) >= 11 is 6.00. The number of carbonyl (C=O) groups excluding carboxylic acids is 1. The van der Waals surface area contributed by atoms with Crippen molar-refractivity contribution in [3.63, 3.8) is 0 Å². The molecule has 1 aromatic heterocycles. The standard InChI is InChI=1S/C16H20ClN5O/c1-11(13-3-2-4-14(17)9-13)20-16(23)22-7-5-12(6-8-22)15-18-10-19-21-15/h2-4,9-12H,5-8H2,1H3,(H,20,23)(H,18,19,21)/t11-/m0/s1. The smallest absolute Gasteiger partial charge is 0.317 e. The summed E-state index contributed by atoms with van der Waals surface area (Å²) in [5.74, 6) is 1.27. The average molecular weight is 334 g/mol. The second kappa shape index (κ2) is 7.00. The van der Waals surface area contributed by atoms with Crippen LogP contribution in [0.15, 0.2) is 30.6 Å². The molecule has 1 aliphatic heterocycles. The van der Waals surface area contributed by atoms with Crippen molar-refractivity contribution in [3.8, 4) is 0 Å². The third-order valence-corrected chi connectivity index (χ3v) is 4.53. The minimum Gasteiger partial charge on any atom is -0.331 e. The summed E-state index contributed by atoms with van der Waals surface area (Å²) in [6, 6.07) is 7.45. The summed E-state index contributed by atoms with van der Waals surface area (Å²) in [6.07, 6.45) is 3.32. The quantitative estimate of drug-likeness (QED) is 0.906. The SMILES string of the molecule is C[C@H](NC(=O)N1CCC(c2ncn[nH]2)CC1)c1cccc(Cl)c1. The number of hydrogen-bond donors (Lipinski definition) is 2. The van der Waals surface area contributed by atoms with Crippen molar-refractivity contribution < 1.29 is 4.79 Å². The first-order valence-electron chi connectivity index (χ1n) is 7.79. The summed E-state index contributed by atoms with van der Waals surface area (Å²) in [4.78, 5) is 18.5. The molecule has 0 spiro atoms. The molecule has 1 fully saturated rings. The number of likely N-dealkylation sites (tertiary alicyclic amines) is 1. The fourth-order valence-corrected chi connectivity index (χ4v) is 3.10. The van der Waals surface area contributed by atoms with E-state index in [0.29, 0.717) is 10.9 Å². The molecule has 0 saturated carbocycles. The molecule has 6 nitrogen and oxygen atoms in total. The van der Waals surface area contributed by atoms with Gasteiger partial charge < -0.3 is 10.2 Å². The first-order valence-corrected chi connectivity index (χ1v) is 8.17. The lowest BCUT2D eigenvalue weighted by atomic mass is 9.96. The van der Waals surface area contributed by atoms with Crippen molar-refractivity contribution in [2.75, 3.05) is 13.1 Å². The zero-order chi connectivity index (χ0) is 16.2. The van der Waals surface area contributed by atoms with E-state index in [1.165, 1.54) is 6.33 Å². The van der Waals surface area contributed by atoms with Crippen LogP contribution in [0.1, 0.15) is 43.1 Å². The van der Waals surface area contributed by atoms with Crippen LogP contribution in [0.4, 0.5) is 4.79 Å². The molecule has 2 heterocycles. The summed E-state index contributed by atoms with van der Waals surface area (Å²) in [5, 5.41) is 10.5. The van der Waals surface area contributed by atoms with E-state index >= 15 is 0 Å². The highest BCUT2D eigenvalue weighted by Gasteiger charge is 2.26. The largest absolute Gasteiger partial charge is 0.331 e. The van der Waals surface area contributed by atoms with Gasteiger partial charge in [-0.3, -0.25) is 5.10 Å². The van der Waals surface area contributed by atoms with Crippen LogP contribution in [-0.4, -0.2) is 39.2 Å². The van der Waals surface area contributed by atoms with Crippen LogP contribution in [0.2, 0.25) is 5.02 Å². The normalized spacial score (nSPS) is 17.0. The van der Waals surface area contributed by atoms with Crippen LogP contribution in [0.3, 0.4) is 0 Å².